The molecular formula is C27H36N4O4. The highest BCUT2D eigenvalue weighted by Gasteiger charge is 2.41. The standard InChI is InChI=1S/C27H36N4O4/c1-17(2)14-23-25(26(34)31(19(4)28-23)16-20-8-6-5-7-9-20)30-27(35)29-22(15-24(32)33)21-12-10-18(3)11-13-21/h5-13,17,19,22-23,25,28H,14-16H2,1-4H3,(H,32,33)(H2,29,30,35). The van der Waals surface area contributed by atoms with Crippen molar-refractivity contribution < 1.29 is 19.5 Å². The minimum absolute atomic E-state index is 0.161. The third kappa shape index (κ3) is 7.29. The number of hydrogen-bond donors (Lipinski definition) is 4. The summed E-state index contributed by atoms with van der Waals surface area (Å²) in [5.41, 5.74) is 2.73. The molecule has 0 radical (unpaired) electrons. The first-order chi connectivity index (χ1) is 16.6. The molecular weight excluding hydrogens is 444 g/mol. The smallest absolute Gasteiger partial charge is 0.315 e. The van der Waals surface area contributed by atoms with Crippen LogP contribution in [0.3, 0.4) is 0 Å². The fourth-order valence-electron chi connectivity index (χ4n) is 4.47. The number of urea groups is 1. The monoisotopic (exact) mass is 480 g/mol. The fourth-order valence-corrected chi connectivity index (χ4v) is 4.47. The van der Waals surface area contributed by atoms with Crippen molar-refractivity contribution >= 4 is 17.9 Å². The van der Waals surface area contributed by atoms with E-state index in [0.29, 0.717) is 24.4 Å². The lowest BCUT2D eigenvalue weighted by Crippen LogP contribution is -2.69. The number of amides is 3. The van der Waals surface area contributed by atoms with Crippen LogP contribution in [0.5, 0.6) is 0 Å². The third-order valence-corrected chi connectivity index (χ3v) is 6.25. The molecule has 0 aromatic heterocycles. The van der Waals surface area contributed by atoms with Crippen LogP contribution in [0.15, 0.2) is 54.6 Å². The summed E-state index contributed by atoms with van der Waals surface area (Å²) in [4.78, 5) is 39.8. The molecule has 35 heavy (non-hydrogen) atoms. The molecule has 3 rings (SSSR count). The second-order valence-electron chi connectivity index (χ2n) is 9.69. The Bertz CT molecular complexity index is 1010. The van der Waals surface area contributed by atoms with Crippen LogP contribution in [0, 0.1) is 12.8 Å². The Hall–Kier alpha value is -3.39. The molecule has 1 heterocycles. The molecule has 2 aromatic rings. The number of carbonyl (C=O) groups excluding carboxylic acids is 2. The van der Waals surface area contributed by atoms with Gasteiger partial charge in [-0.05, 0) is 37.3 Å². The van der Waals surface area contributed by atoms with Crippen molar-refractivity contribution in [3.05, 3.63) is 71.3 Å². The summed E-state index contributed by atoms with van der Waals surface area (Å²) in [7, 11) is 0. The van der Waals surface area contributed by atoms with Crippen LogP contribution in [0.4, 0.5) is 4.79 Å². The number of carbonyl (C=O) groups is 3. The Balaban J connectivity index is 1.78. The first-order valence-electron chi connectivity index (χ1n) is 12.1. The number of carboxylic acids is 1. The SMILES string of the molecule is Cc1ccc(C(CC(=O)O)NC(=O)NC2C(=O)N(Cc3ccccc3)C(C)NC2CC(C)C)cc1. The number of aryl methyl sites for hydroxylation is 1. The third-order valence-electron chi connectivity index (χ3n) is 6.25. The van der Waals surface area contributed by atoms with Gasteiger partial charge in [-0.15, -0.1) is 0 Å². The molecule has 4 N–H and O–H groups in total. The molecule has 8 nitrogen and oxygen atoms in total. The summed E-state index contributed by atoms with van der Waals surface area (Å²) < 4.78 is 0. The summed E-state index contributed by atoms with van der Waals surface area (Å²) in [5, 5.41) is 18.5. The van der Waals surface area contributed by atoms with Crippen LogP contribution >= 0.6 is 0 Å². The number of nitrogens with one attached hydrogen (secondary N) is 3. The number of aliphatic carboxylic acids is 1. The van der Waals surface area contributed by atoms with Gasteiger partial charge in [0.15, 0.2) is 0 Å². The average Bonchev–Trinajstić information content (AvgIpc) is 2.79. The van der Waals surface area contributed by atoms with E-state index in [1.165, 1.54) is 0 Å². The van der Waals surface area contributed by atoms with Gasteiger partial charge in [0.05, 0.1) is 18.6 Å². The molecule has 1 fully saturated rings. The molecule has 0 aliphatic carbocycles. The number of benzene rings is 2. The summed E-state index contributed by atoms with van der Waals surface area (Å²) >= 11 is 0. The van der Waals surface area contributed by atoms with E-state index in [0.717, 1.165) is 11.1 Å². The Morgan fingerprint density at radius 1 is 1.09 bits per heavy atom. The second kappa shape index (κ2) is 11.8. The van der Waals surface area contributed by atoms with Crippen LogP contribution in [0.1, 0.15) is 56.3 Å². The van der Waals surface area contributed by atoms with Crippen LogP contribution in [-0.2, 0) is 16.1 Å². The van der Waals surface area contributed by atoms with Crippen molar-refractivity contribution in [1.29, 1.82) is 0 Å². The van der Waals surface area contributed by atoms with Crippen molar-refractivity contribution in [1.82, 2.24) is 20.9 Å². The van der Waals surface area contributed by atoms with E-state index in [4.69, 9.17) is 0 Å². The summed E-state index contributed by atoms with van der Waals surface area (Å²) in [5.74, 6) is -0.870. The van der Waals surface area contributed by atoms with Crippen molar-refractivity contribution in [2.45, 2.75) is 71.4 Å². The molecule has 1 aliphatic rings. The number of nitrogens with zero attached hydrogens (tertiary/aromatic N) is 1. The lowest BCUT2D eigenvalue weighted by atomic mass is 9.93. The van der Waals surface area contributed by atoms with Crippen molar-refractivity contribution in [2.75, 3.05) is 0 Å². The molecule has 4 atom stereocenters. The maximum Gasteiger partial charge on any atom is 0.315 e. The van der Waals surface area contributed by atoms with Crippen LogP contribution in [0.25, 0.3) is 0 Å². The zero-order valence-electron chi connectivity index (χ0n) is 20.8. The highest BCUT2D eigenvalue weighted by atomic mass is 16.4. The quantitative estimate of drug-likeness (QED) is 0.439. The summed E-state index contributed by atoms with van der Waals surface area (Å²) in [6.07, 6.45) is 0.247. The van der Waals surface area contributed by atoms with E-state index in [9.17, 15) is 19.5 Å². The molecule has 4 unspecified atom stereocenters. The topological polar surface area (TPSA) is 111 Å². The molecule has 0 bridgehead atoms. The second-order valence-corrected chi connectivity index (χ2v) is 9.69. The molecule has 2 aromatic carbocycles. The lowest BCUT2D eigenvalue weighted by Gasteiger charge is -2.44. The highest BCUT2D eigenvalue weighted by Crippen LogP contribution is 2.21. The fraction of sp³-hybridized carbons (Fsp3) is 0.444. The molecule has 188 valence electrons. The van der Waals surface area contributed by atoms with Crippen molar-refractivity contribution in [2.24, 2.45) is 5.92 Å². The Morgan fingerprint density at radius 2 is 1.74 bits per heavy atom. The van der Waals surface area contributed by atoms with Crippen LogP contribution < -0.4 is 16.0 Å². The van der Waals surface area contributed by atoms with Gasteiger partial charge in [0.25, 0.3) is 0 Å². The van der Waals surface area contributed by atoms with Crippen molar-refractivity contribution in [3.8, 4) is 0 Å². The molecule has 8 heteroatoms. The van der Waals surface area contributed by atoms with Crippen LogP contribution in [-0.4, -0.2) is 46.2 Å². The number of carboxylic acid groups (broad SMARTS) is 1. The van der Waals surface area contributed by atoms with Gasteiger partial charge < -0.3 is 20.6 Å². The first kappa shape index (κ1) is 26.2. The largest absolute Gasteiger partial charge is 0.481 e. The minimum Gasteiger partial charge on any atom is -0.481 e. The predicted molar refractivity (Wildman–Crippen MR) is 134 cm³/mol. The first-order valence-corrected chi connectivity index (χ1v) is 12.1. The average molecular weight is 481 g/mol. The normalized spacial score (nSPS) is 21.0. The Labute approximate surface area is 207 Å². The molecule has 0 spiro atoms. The Kier molecular flexibility index (Phi) is 8.87. The van der Waals surface area contributed by atoms with Gasteiger partial charge in [-0.25, -0.2) is 4.79 Å². The number of rotatable bonds is 9. The Morgan fingerprint density at radius 3 is 2.34 bits per heavy atom. The molecule has 1 aliphatic heterocycles. The molecule has 3 amide bonds. The van der Waals surface area contributed by atoms with Gasteiger partial charge >= 0.3 is 12.0 Å². The van der Waals surface area contributed by atoms with Gasteiger partial charge in [0, 0.05) is 12.6 Å². The summed E-state index contributed by atoms with van der Waals surface area (Å²) in [6.45, 7) is 8.46. The van der Waals surface area contributed by atoms with Gasteiger partial charge in [-0.3, -0.25) is 14.9 Å². The molecule has 0 saturated carbocycles. The maximum atomic E-state index is 13.6. The minimum atomic E-state index is -1.02. The van der Waals surface area contributed by atoms with E-state index < -0.39 is 24.1 Å². The predicted octanol–water partition coefficient (Wildman–Crippen LogP) is 3.57. The lowest BCUT2D eigenvalue weighted by molar-refractivity contribution is -0.142. The van der Waals surface area contributed by atoms with Gasteiger partial charge in [-0.1, -0.05) is 74.0 Å². The van der Waals surface area contributed by atoms with E-state index in [1.807, 2.05) is 56.3 Å². The van der Waals surface area contributed by atoms with Gasteiger partial charge in [0.2, 0.25) is 5.91 Å². The maximum absolute atomic E-state index is 13.6. The van der Waals surface area contributed by atoms with E-state index in [1.54, 1.807) is 17.0 Å². The zero-order chi connectivity index (χ0) is 25.5. The zero-order valence-corrected chi connectivity index (χ0v) is 20.8. The van der Waals surface area contributed by atoms with Crippen LogP contribution in [0.2, 0.25) is 0 Å². The van der Waals surface area contributed by atoms with E-state index in [2.05, 4.69) is 29.8 Å². The van der Waals surface area contributed by atoms with Crippen molar-refractivity contribution in [3.63, 3.8) is 0 Å². The molecule has 1 saturated heterocycles. The summed E-state index contributed by atoms with van der Waals surface area (Å²) in [6, 6.07) is 14.8. The van der Waals surface area contributed by atoms with Gasteiger partial charge in [0.1, 0.15) is 6.04 Å². The van der Waals surface area contributed by atoms with E-state index >= 15 is 0 Å². The highest BCUT2D eigenvalue weighted by molar-refractivity contribution is 5.89. The number of hydrogen-bond acceptors (Lipinski definition) is 4. The van der Waals surface area contributed by atoms with E-state index in [-0.39, 0.29) is 24.5 Å². The van der Waals surface area contributed by atoms with Gasteiger partial charge in [-0.2, -0.15) is 0 Å².